The van der Waals surface area contributed by atoms with Crippen molar-refractivity contribution >= 4 is 23.1 Å². The lowest BCUT2D eigenvalue weighted by atomic mass is 10.1. The molecule has 2 aliphatic rings. The molecule has 3 rings (SSSR count). The van der Waals surface area contributed by atoms with E-state index in [9.17, 15) is 10.1 Å². The molecular weight excluding hydrogens is 322 g/mol. The molecule has 1 aromatic heterocycles. The largest absolute Gasteiger partial charge is 0.381 e. The number of halogens is 1. The Morgan fingerprint density at radius 3 is 2.83 bits per heavy atom. The molecule has 0 saturated carbocycles. The van der Waals surface area contributed by atoms with Crippen LogP contribution in [0.4, 0.5) is 11.5 Å². The van der Waals surface area contributed by atoms with Gasteiger partial charge in [0.15, 0.2) is 0 Å². The van der Waals surface area contributed by atoms with E-state index in [-0.39, 0.29) is 11.8 Å². The van der Waals surface area contributed by atoms with Crippen LogP contribution in [0.15, 0.2) is 12.3 Å². The quantitative estimate of drug-likeness (QED) is 0.605. The zero-order valence-electron chi connectivity index (χ0n) is 12.8. The Morgan fingerprint density at radius 1 is 1.43 bits per heavy atom. The molecule has 1 unspecified atom stereocenters. The van der Waals surface area contributed by atoms with E-state index in [1.807, 2.05) is 0 Å². The molecule has 2 fully saturated rings. The number of nitrogens with zero attached hydrogens (tertiary/aromatic N) is 3. The average molecular weight is 342 g/mol. The van der Waals surface area contributed by atoms with Crippen molar-refractivity contribution in [2.45, 2.75) is 25.4 Å². The highest BCUT2D eigenvalue weighted by molar-refractivity contribution is 6.33. The zero-order valence-corrected chi connectivity index (χ0v) is 13.6. The summed E-state index contributed by atoms with van der Waals surface area (Å²) in [6, 6.07) is 1.35. The Balaban J connectivity index is 1.51. The van der Waals surface area contributed by atoms with Gasteiger partial charge in [-0.3, -0.25) is 10.1 Å². The molecule has 126 valence electrons. The maximum Gasteiger partial charge on any atom is 0.289 e. The Kier molecular flexibility index (Phi) is 5.30. The minimum absolute atomic E-state index is 0.0873. The molecule has 2 saturated heterocycles. The van der Waals surface area contributed by atoms with Crippen LogP contribution in [-0.4, -0.2) is 48.9 Å². The number of ether oxygens (including phenoxy) is 2. The van der Waals surface area contributed by atoms with Gasteiger partial charge >= 0.3 is 0 Å². The third kappa shape index (κ3) is 4.10. The maximum absolute atomic E-state index is 10.7. The summed E-state index contributed by atoms with van der Waals surface area (Å²) >= 11 is 6.14. The number of nitro groups is 1. The first kappa shape index (κ1) is 16.4. The first-order valence-electron chi connectivity index (χ1n) is 7.87. The Labute approximate surface area is 139 Å². The van der Waals surface area contributed by atoms with E-state index in [0.717, 1.165) is 52.2 Å². The van der Waals surface area contributed by atoms with Crippen LogP contribution in [0.3, 0.4) is 0 Å². The predicted molar refractivity (Wildman–Crippen MR) is 86.0 cm³/mol. The molecule has 0 bridgehead atoms. The van der Waals surface area contributed by atoms with Crippen LogP contribution >= 0.6 is 11.6 Å². The van der Waals surface area contributed by atoms with Crippen LogP contribution in [0.5, 0.6) is 0 Å². The number of hydrogen-bond donors (Lipinski definition) is 0. The first-order valence-corrected chi connectivity index (χ1v) is 8.25. The molecule has 0 N–H and O–H groups in total. The van der Waals surface area contributed by atoms with Crippen LogP contribution in [-0.2, 0) is 9.47 Å². The monoisotopic (exact) mass is 341 g/mol. The van der Waals surface area contributed by atoms with E-state index >= 15 is 0 Å². The standard InChI is InChI=1S/C15H20ClN3O4/c16-14-7-12(19(20)21)8-17-15(14)18-4-1-13(2-5-18)23-10-11-3-6-22-9-11/h7-8,11,13H,1-6,9-10H2. The Morgan fingerprint density at radius 2 is 2.22 bits per heavy atom. The fourth-order valence-corrected chi connectivity index (χ4v) is 3.25. The van der Waals surface area contributed by atoms with E-state index in [0.29, 0.717) is 16.8 Å². The Bertz CT molecular complexity index is 558. The van der Waals surface area contributed by atoms with Gasteiger partial charge in [0.25, 0.3) is 5.69 Å². The topological polar surface area (TPSA) is 77.7 Å². The third-order valence-corrected chi connectivity index (χ3v) is 4.63. The Hall–Kier alpha value is -1.44. The highest BCUT2D eigenvalue weighted by atomic mass is 35.5. The van der Waals surface area contributed by atoms with Crippen LogP contribution in [0.25, 0.3) is 0 Å². The molecule has 1 aromatic rings. The number of piperidine rings is 1. The molecule has 0 aromatic carbocycles. The second-order valence-corrected chi connectivity index (χ2v) is 6.41. The second-order valence-electron chi connectivity index (χ2n) is 6.01. The third-order valence-electron chi connectivity index (χ3n) is 4.35. The molecule has 0 amide bonds. The molecule has 0 radical (unpaired) electrons. The van der Waals surface area contributed by atoms with Gasteiger partial charge in [0.05, 0.1) is 29.3 Å². The highest BCUT2D eigenvalue weighted by Crippen LogP contribution is 2.29. The maximum atomic E-state index is 10.7. The molecule has 7 nitrogen and oxygen atoms in total. The molecule has 0 aliphatic carbocycles. The minimum atomic E-state index is -0.491. The van der Waals surface area contributed by atoms with Gasteiger partial charge in [-0.15, -0.1) is 0 Å². The molecule has 2 aliphatic heterocycles. The van der Waals surface area contributed by atoms with Gasteiger partial charge in [0.1, 0.15) is 12.0 Å². The van der Waals surface area contributed by atoms with Crippen LogP contribution in [0.1, 0.15) is 19.3 Å². The summed E-state index contributed by atoms with van der Waals surface area (Å²) in [6.45, 7) is 3.99. The van der Waals surface area contributed by atoms with Crippen molar-refractivity contribution in [1.29, 1.82) is 0 Å². The van der Waals surface area contributed by atoms with Gasteiger partial charge in [-0.2, -0.15) is 0 Å². The fourth-order valence-electron chi connectivity index (χ4n) is 2.97. The normalized spacial score (nSPS) is 22.5. The van der Waals surface area contributed by atoms with E-state index in [4.69, 9.17) is 21.1 Å². The van der Waals surface area contributed by atoms with Crippen LogP contribution in [0.2, 0.25) is 5.02 Å². The summed E-state index contributed by atoms with van der Waals surface area (Å²) in [5.74, 6) is 1.14. The zero-order chi connectivity index (χ0) is 16.2. The van der Waals surface area contributed by atoms with Gasteiger partial charge in [0, 0.05) is 31.7 Å². The fraction of sp³-hybridized carbons (Fsp3) is 0.667. The van der Waals surface area contributed by atoms with Crippen LogP contribution in [0, 0.1) is 16.0 Å². The molecular formula is C15H20ClN3O4. The predicted octanol–water partition coefficient (Wildman–Crippen LogP) is 2.67. The number of pyridine rings is 1. The number of rotatable bonds is 5. The first-order chi connectivity index (χ1) is 11.1. The van der Waals surface area contributed by atoms with E-state index < -0.39 is 4.92 Å². The van der Waals surface area contributed by atoms with E-state index in [1.54, 1.807) is 0 Å². The van der Waals surface area contributed by atoms with Gasteiger partial charge in [0.2, 0.25) is 0 Å². The van der Waals surface area contributed by atoms with Crippen molar-refractivity contribution in [2.24, 2.45) is 5.92 Å². The summed E-state index contributed by atoms with van der Waals surface area (Å²) in [4.78, 5) is 16.5. The number of hydrogen-bond acceptors (Lipinski definition) is 6. The van der Waals surface area contributed by atoms with Gasteiger partial charge in [-0.1, -0.05) is 11.6 Å². The van der Waals surface area contributed by atoms with Crippen molar-refractivity contribution in [1.82, 2.24) is 4.98 Å². The SMILES string of the molecule is O=[N+]([O-])c1cnc(N2CCC(OCC3CCOC3)CC2)c(Cl)c1. The van der Waals surface area contributed by atoms with Gasteiger partial charge < -0.3 is 14.4 Å². The second kappa shape index (κ2) is 7.42. The lowest BCUT2D eigenvalue weighted by Crippen LogP contribution is -2.38. The average Bonchev–Trinajstić information content (AvgIpc) is 3.07. The summed E-state index contributed by atoms with van der Waals surface area (Å²) in [5.41, 5.74) is -0.0873. The summed E-state index contributed by atoms with van der Waals surface area (Å²) in [5, 5.41) is 11.1. The molecule has 0 spiro atoms. The molecule has 23 heavy (non-hydrogen) atoms. The van der Waals surface area contributed by atoms with Crippen molar-refractivity contribution in [3.05, 3.63) is 27.4 Å². The summed E-state index contributed by atoms with van der Waals surface area (Å²) in [6.07, 6.45) is 4.40. The van der Waals surface area contributed by atoms with Crippen molar-refractivity contribution in [2.75, 3.05) is 37.8 Å². The van der Waals surface area contributed by atoms with Gasteiger partial charge in [-0.05, 0) is 19.3 Å². The molecule has 8 heteroatoms. The van der Waals surface area contributed by atoms with E-state index in [1.165, 1.54) is 12.3 Å². The summed E-state index contributed by atoms with van der Waals surface area (Å²) in [7, 11) is 0. The van der Waals surface area contributed by atoms with Crippen molar-refractivity contribution in [3.8, 4) is 0 Å². The van der Waals surface area contributed by atoms with Crippen molar-refractivity contribution in [3.63, 3.8) is 0 Å². The van der Waals surface area contributed by atoms with Crippen molar-refractivity contribution < 1.29 is 14.4 Å². The lowest BCUT2D eigenvalue weighted by molar-refractivity contribution is -0.385. The lowest BCUT2D eigenvalue weighted by Gasteiger charge is -2.33. The highest BCUT2D eigenvalue weighted by Gasteiger charge is 2.25. The smallest absolute Gasteiger partial charge is 0.289 e. The number of aromatic nitrogens is 1. The van der Waals surface area contributed by atoms with Gasteiger partial charge in [-0.25, -0.2) is 4.98 Å². The minimum Gasteiger partial charge on any atom is -0.381 e. The number of anilines is 1. The van der Waals surface area contributed by atoms with E-state index in [2.05, 4.69) is 9.88 Å². The molecule has 3 heterocycles. The molecule has 1 atom stereocenters. The summed E-state index contributed by atoms with van der Waals surface area (Å²) < 4.78 is 11.3. The van der Waals surface area contributed by atoms with Crippen LogP contribution < -0.4 is 4.90 Å².